The maximum atomic E-state index is 12.7. The van der Waals surface area contributed by atoms with Crippen LogP contribution in [0.3, 0.4) is 0 Å². The minimum absolute atomic E-state index is 0.0689. The lowest BCUT2D eigenvalue weighted by Gasteiger charge is -2.07. The highest BCUT2D eigenvalue weighted by atomic mass is 35.5. The number of ether oxygens (including phenoxy) is 1. The van der Waals surface area contributed by atoms with E-state index in [1.165, 1.54) is 23.0 Å². The Morgan fingerprint density at radius 1 is 1.16 bits per heavy atom. The number of fused-ring (bicyclic) bond motifs is 4. The van der Waals surface area contributed by atoms with Gasteiger partial charge in [-0.15, -0.1) is 0 Å². The number of pyridine rings is 1. The SMILES string of the molecule is O=C(Cn1cnc2c(oc3ccccc32)c1=O)OCc1cc(=O)n2cc(Cl)ccc2n1. The molecular weight excluding hydrogens is 424 g/mol. The topological polar surface area (TPSA) is 109 Å². The van der Waals surface area contributed by atoms with Crippen LogP contribution < -0.4 is 11.1 Å². The van der Waals surface area contributed by atoms with Crippen molar-refractivity contribution in [2.24, 2.45) is 0 Å². The van der Waals surface area contributed by atoms with Crippen molar-refractivity contribution >= 4 is 45.3 Å². The minimum Gasteiger partial charge on any atom is -0.458 e. The lowest BCUT2D eigenvalue weighted by molar-refractivity contribution is -0.145. The summed E-state index contributed by atoms with van der Waals surface area (Å²) in [6, 6.07) is 11.6. The zero-order chi connectivity index (χ0) is 21.5. The molecule has 4 aromatic heterocycles. The summed E-state index contributed by atoms with van der Waals surface area (Å²) >= 11 is 5.89. The standard InChI is InChI=1S/C21H13ClN4O5/c22-12-5-6-16-24-13(7-17(27)26(16)8-12)10-30-18(28)9-25-11-23-19-14-3-1-2-4-15(14)31-20(19)21(25)29/h1-8,11H,9-10H2. The van der Waals surface area contributed by atoms with E-state index >= 15 is 0 Å². The van der Waals surface area contributed by atoms with Crippen LogP contribution in [-0.4, -0.2) is 24.9 Å². The number of para-hydroxylation sites is 1. The third kappa shape index (κ3) is 3.44. The van der Waals surface area contributed by atoms with E-state index in [4.69, 9.17) is 20.8 Å². The summed E-state index contributed by atoms with van der Waals surface area (Å²) in [5.74, 6) is -0.683. The first-order valence-corrected chi connectivity index (χ1v) is 9.57. The van der Waals surface area contributed by atoms with E-state index in [2.05, 4.69) is 9.97 Å². The molecule has 0 saturated carbocycles. The second kappa shape index (κ2) is 7.37. The van der Waals surface area contributed by atoms with Gasteiger partial charge in [-0.25, -0.2) is 9.97 Å². The van der Waals surface area contributed by atoms with Crippen LogP contribution in [0.2, 0.25) is 5.02 Å². The fourth-order valence-corrected chi connectivity index (χ4v) is 3.43. The van der Waals surface area contributed by atoms with Crippen molar-refractivity contribution < 1.29 is 13.9 Å². The van der Waals surface area contributed by atoms with E-state index in [0.717, 1.165) is 9.95 Å². The normalized spacial score (nSPS) is 11.4. The predicted molar refractivity (Wildman–Crippen MR) is 112 cm³/mol. The number of benzene rings is 1. The summed E-state index contributed by atoms with van der Waals surface area (Å²) in [4.78, 5) is 45.7. The molecule has 9 nitrogen and oxygen atoms in total. The van der Waals surface area contributed by atoms with Crippen LogP contribution in [0.5, 0.6) is 0 Å². The van der Waals surface area contributed by atoms with Gasteiger partial charge in [-0.2, -0.15) is 0 Å². The lowest BCUT2D eigenvalue weighted by atomic mass is 10.2. The Morgan fingerprint density at radius 2 is 2.00 bits per heavy atom. The smallest absolute Gasteiger partial charge is 0.326 e. The number of halogens is 1. The number of nitrogens with zero attached hydrogens (tertiary/aromatic N) is 4. The molecule has 0 aliphatic heterocycles. The number of aromatic nitrogens is 4. The number of hydrogen-bond donors (Lipinski definition) is 0. The highest BCUT2D eigenvalue weighted by Crippen LogP contribution is 2.24. The molecule has 0 aliphatic rings. The number of rotatable bonds is 4. The van der Waals surface area contributed by atoms with Gasteiger partial charge in [0.15, 0.2) is 0 Å². The first kappa shape index (κ1) is 19.0. The number of esters is 1. The maximum Gasteiger partial charge on any atom is 0.326 e. The van der Waals surface area contributed by atoms with Gasteiger partial charge in [0.2, 0.25) is 5.58 Å². The van der Waals surface area contributed by atoms with E-state index in [1.54, 1.807) is 30.3 Å². The van der Waals surface area contributed by atoms with E-state index in [0.29, 0.717) is 21.8 Å². The van der Waals surface area contributed by atoms with Gasteiger partial charge in [-0.1, -0.05) is 23.7 Å². The molecule has 0 atom stereocenters. The summed E-state index contributed by atoms with van der Waals surface area (Å²) < 4.78 is 13.2. The largest absolute Gasteiger partial charge is 0.458 e. The molecule has 0 aliphatic carbocycles. The molecule has 0 spiro atoms. The van der Waals surface area contributed by atoms with Crippen molar-refractivity contribution in [3.8, 4) is 0 Å². The second-order valence-corrected chi connectivity index (χ2v) is 7.21. The van der Waals surface area contributed by atoms with Gasteiger partial charge >= 0.3 is 5.97 Å². The van der Waals surface area contributed by atoms with Crippen LogP contribution in [0.15, 0.2) is 69.0 Å². The summed E-state index contributed by atoms with van der Waals surface area (Å²) in [6.07, 6.45) is 2.73. The van der Waals surface area contributed by atoms with E-state index in [1.807, 2.05) is 6.07 Å². The molecule has 154 valence electrons. The summed E-state index contributed by atoms with van der Waals surface area (Å²) in [5.41, 5.74) is 0.854. The Bertz CT molecular complexity index is 1600. The molecule has 1 aromatic carbocycles. The molecule has 0 radical (unpaired) electrons. The van der Waals surface area contributed by atoms with Gasteiger partial charge in [0.05, 0.1) is 17.0 Å². The first-order chi connectivity index (χ1) is 15.0. The van der Waals surface area contributed by atoms with Gasteiger partial charge in [-0.3, -0.25) is 23.4 Å². The summed E-state index contributed by atoms with van der Waals surface area (Å²) in [7, 11) is 0. The van der Waals surface area contributed by atoms with Crippen LogP contribution in [0.4, 0.5) is 0 Å². The first-order valence-electron chi connectivity index (χ1n) is 9.20. The molecule has 31 heavy (non-hydrogen) atoms. The molecule has 4 heterocycles. The van der Waals surface area contributed by atoms with Crippen molar-refractivity contribution in [2.75, 3.05) is 0 Å². The fraction of sp³-hybridized carbons (Fsp3) is 0.0952. The molecule has 0 amide bonds. The third-order valence-corrected chi connectivity index (χ3v) is 4.93. The maximum absolute atomic E-state index is 12.7. The molecule has 0 saturated heterocycles. The summed E-state index contributed by atoms with van der Waals surface area (Å²) in [5, 5.41) is 1.12. The molecular formula is C21H13ClN4O5. The van der Waals surface area contributed by atoms with E-state index in [9.17, 15) is 14.4 Å². The highest BCUT2D eigenvalue weighted by molar-refractivity contribution is 6.30. The third-order valence-electron chi connectivity index (χ3n) is 4.71. The van der Waals surface area contributed by atoms with E-state index < -0.39 is 11.5 Å². The molecule has 0 bridgehead atoms. The van der Waals surface area contributed by atoms with Crippen LogP contribution in [0, 0.1) is 0 Å². The molecule has 0 fully saturated rings. The lowest BCUT2D eigenvalue weighted by Crippen LogP contribution is -2.25. The molecule has 10 heteroatoms. The van der Waals surface area contributed by atoms with Crippen molar-refractivity contribution in [2.45, 2.75) is 13.2 Å². The molecule has 5 rings (SSSR count). The van der Waals surface area contributed by atoms with Crippen molar-refractivity contribution in [1.29, 1.82) is 0 Å². The average Bonchev–Trinajstić information content (AvgIpc) is 3.14. The van der Waals surface area contributed by atoms with E-state index in [-0.39, 0.29) is 30.0 Å². The monoisotopic (exact) mass is 436 g/mol. The quantitative estimate of drug-likeness (QED) is 0.398. The molecule has 0 N–H and O–H groups in total. The Balaban J connectivity index is 1.35. The Hall–Kier alpha value is -3.98. The second-order valence-electron chi connectivity index (χ2n) is 6.78. The van der Waals surface area contributed by atoms with Crippen LogP contribution >= 0.6 is 11.6 Å². The minimum atomic E-state index is -0.683. The number of hydrogen-bond acceptors (Lipinski definition) is 7. The average molecular weight is 437 g/mol. The summed E-state index contributed by atoms with van der Waals surface area (Å²) in [6.45, 7) is -0.580. The van der Waals surface area contributed by atoms with Gasteiger partial charge in [0.1, 0.15) is 29.9 Å². The van der Waals surface area contributed by atoms with Crippen LogP contribution in [0.25, 0.3) is 27.7 Å². The zero-order valence-electron chi connectivity index (χ0n) is 15.8. The van der Waals surface area contributed by atoms with Gasteiger partial charge in [0, 0.05) is 17.6 Å². The number of carbonyl (C=O) groups is 1. The Labute approximate surface area is 178 Å². The van der Waals surface area contributed by atoms with Crippen LogP contribution in [0.1, 0.15) is 5.69 Å². The van der Waals surface area contributed by atoms with Gasteiger partial charge in [-0.05, 0) is 24.3 Å². The molecule has 5 aromatic rings. The van der Waals surface area contributed by atoms with Crippen molar-refractivity contribution in [3.63, 3.8) is 0 Å². The molecule has 0 unspecified atom stereocenters. The van der Waals surface area contributed by atoms with Crippen LogP contribution in [-0.2, 0) is 22.7 Å². The zero-order valence-corrected chi connectivity index (χ0v) is 16.6. The Morgan fingerprint density at radius 3 is 2.87 bits per heavy atom. The van der Waals surface area contributed by atoms with Gasteiger partial charge < -0.3 is 9.15 Å². The number of carbonyl (C=O) groups excluding carboxylic acids is 1. The fourth-order valence-electron chi connectivity index (χ4n) is 3.27. The highest BCUT2D eigenvalue weighted by Gasteiger charge is 2.15. The Kier molecular flexibility index (Phi) is 4.52. The number of furan rings is 1. The van der Waals surface area contributed by atoms with Gasteiger partial charge in [0.25, 0.3) is 11.1 Å². The predicted octanol–water partition coefficient (Wildman–Crippen LogP) is 2.55. The van der Waals surface area contributed by atoms with Crippen molar-refractivity contribution in [3.05, 3.63) is 86.4 Å². The van der Waals surface area contributed by atoms with Crippen molar-refractivity contribution in [1.82, 2.24) is 18.9 Å².